The summed E-state index contributed by atoms with van der Waals surface area (Å²) in [6, 6.07) is 9.11. The van der Waals surface area contributed by atoms with Gasteiger partial charge in [-0.25, -0.2) is 0 Å². The van der Waals surface area contributed by atoms with Gasteiger partial charge in [-0.1, -0.05) is 93.3 Å². The average molecular weight is 359 g/mol. The predicted octanol–water partition coefficient (Wildman–Crippen LogP) is 8.84. The van der Waals surface area contributed by atoms with E-state index in [9.17, 15) is 0 Å². The van der Waals surface area contributed by atoms with E-state index in [0.29, 0.717) is 0 Å². The zero-order chi connectivity index (χ0) is 17.7. The van der Waals surface area contributed by atoms with Gasteiger partial charge in [0.2, 0.25) is 0 Å². The quantitative estimate of drug-likeness (QED) is 0.281. The van der Waals surface area contributed by atoms with Crippen LogP contribution in [0.15, 0.2) is 39.6 Å². The van der Waals surface area contributed by atoms with Crippen molar-refractivity contribution < 1.29 is 0 Å². The molecule has 2 rings (SSSR count). The number of allylic oxidation sites excluding steroid dienone is 2. The first-order chi connectivity index (χ1) is 12.3. The van der Waals surface area contributed by atoms with E-state index in [1.165, 1.54) is 100 Å². The fraction of sp³-hybridized carbons (Fsp3) is 0.667. The third-order valence-corrected chi connectivity index (χ3v) is 6.62. The maximum Gasteiger partial charge on any atom is 0.0119 e. The molecule has 1 aromatic carbocycles. The zero-order valence-corrected chi connectivity index (χ0v) is 17.4. The molecule has 0 aromatic heterocycles. The zero-order valence-electron chi connectivity index (χ0n) is 16.6. The van der Waals surface area contributed by atoms with Crippen LogP contribution in [0.1, 0.15) is 102 Å². The van der Waals surface area contributed by atoms with E-state index in [2.05, 4.69) is 49.9 Å². The summed E-state index contributed by atoms with van der Waals surface area (Å²) < 4.78 is 0. The monoisotopic (exact) mass is 358 g/mol. The third kappa shape index (κ3) is 8.49. The van der Waals surface area contributed by atoms with Gasteiger partial charge in [-0.05, 0) is 62.5 Å². The number of aryl methyl sites for hydroxylation is 1. The van der Waals surface area contributed by atoms with Gasteiger partial charge < -0.3 is 0 Å². The van der Waals surface area contributed by atoms with Crippen LogP contribution in [-0.2, 0) is 0 Å². The van der Waals surface area contributed by atoms with Crippen molar-refractivity contribution in [3.8, 4) is 0 Å². The molecule has 25 heavy (non-hydrogen) atoms. The number of unbranched alkanes of at least 4 members (excludes halogenated alkanes) is 7. The van der Waals surface area contributed by atoms with Crippen molar-refractivity contribution in [1.82, 2.24) is 0 Å². The molecule has 0 spiro atoms. The molecule has 0 radical (unpaired) electrons. The molecule has 0 amide bonds. The molecule has 0 N–H and O–H groups in total. The Labute approximate surface area is 160 Å². The Balaban J connectivity index is 1.80. The Morgan fingerprint density at radius 3 is 2.04 bits per heavy atom. The number of rotatable bonds is 11. The van der Waals surface area contributed by atoms with Gasteiger partial charge in [-0.2, -0.15) is 0 Å². The summed E-state index contributed by atoms with van der Waals surface area (Å²) in [5.41, 5.74) is 3.14. The second-order valence-electron chi connectivity index (χ2n) is 7.73. The minimum atomic E-state index is 1.31. The van der Waals surface area contributed by atoms with Crippen LogP contribution in [0.5, 0.6) is 0 Å². The van der Waals surface area contributed by atoms with E-state index in [1.807, 2.05) is 0 Å². The van der Waals surface area contributed by atoms with Crippen molar-refractivity contribution in [3.05, 3.63) is 40.3 Å². The number of hydrogen-bond donors (Lipinski definition) is 0. The lowest BCUT2D eigenvalue weighted by molar-refractivity contribution is 0.570. The van der Waals surface area contributed by atoms with Crippen LogP contribution >= 0.6 is 11.8 Å². The molecular weight excluding hydrogens is 320 g/mol. The van der Waals surface area contributed by atoms with E-state index < -0.39 is 0 Å². The normalized spacial score (nSPS) is 14.7. The van der Waals surface area contributed by atoms with Crippen molar-refractivity contribution in [2.24, 2.45) is 0 Å². The molecule has 0 heterocycles. The third-order valence-electron chi connectivity index (χ3n) is 5.37. The maximum absolute atomic E-state index is 2.30. The predicted molar refractivity (Wildman–Crippen MR) is 114 cm³/mol. The maximum atomic E-state index is 2.30. The molecular formula is C24H38S. The molecule has 0 atom stereocenters. The van der Waals surface area contributed by atoms with Crippen LogP contribution in [0.25, 0.3) is 0 Å². The van der Waals surface area contributed by atoms with Gasteiger partial charge in [0.05, 0.1) is 0 Å². The highest BCUT2D eigenvalue weighted by Crippen LogP contribution is 2.38. The van der Waals surface area contributed by atoms with E-state index in [-0.39, 0.29) is 0 Å². The minimum absolute atomic E-state index is 1.31. The van der Waals surface area contributed by atoms with Gasteiger partial charge in [0.1, 0.15) is 0 Å². The van der Waals surface area contributed by atoms with Crippen molar-refractivity contribution in [3.63, 3.8) is 0 Å². The number of benzene rings is 1. The fourth-order valence-corrected chi connectivity index (χ4v) is 4.88. The van der Waals surface area contributed by atoms with Crippen molar-refractivity contribution in [2.75, 3.05) is 0 Å². The Morgan fingerprint density at radius 2 is 1.40 bits per heavy atom. The number of hydrogen-bond acceptors (Lipinski definition) is 1. The number of thioether (sulfide) groups is 1. The summed E-state index contributed by atoms with van der Waals surface area (Å²) in [5.74, 6) is 0. The first-order valence-electron chi connectivity index (χ1n) is 10.7. The topological polar surface area (TPSA) is 0 Å². The largest absolute Gasteiger partial charge is 0.0946 e. The lowest BCUT2D eigenvalue weighted by Gasteiger charge is -2.19. The molecule has 1 aromatic rings. The molecule has 0 aliphatic heterocycles. The van der Waals surface area contributed by atoms with Gasteiger partial charge in [0.25, 0.3) is 0 Å². The van der Waals surface area contributed by atoms with E-state index in [0.717, 1.165) is 0 Å². The van der Waals surface area contributed by atoms with Gasteiger partial charge in [-0.3, -0.25) is 0 Å². The lowest BCUT2D eigenvalue weighted by atomic mass is 9.93. The van der Waals surface area contributed by atoms with Crippen molar-refractivity contribution in [2.45, 2.75) is 109 Å². The molecule has 1 aliphatic carbocycles. The summed E-state index contributed by atoms with van der Waals surface area (Å²) >= 11 is 2.06. The molecule has 0 bridgehead atoms. The highest BCUT2D eigenvalue weighted by atomic mass is 32.2. The van der Waals surface area contributed by atoms with Crippen LogP contribution in [0.4, 0.5) is 0 Å². The molecule has 1 fully saturated rings. The molecule has 1 saturated carbocycles. The summed E-state index contributed by atoms with van der Waals surface area (Å²) in [7, 11) is 0. The second kappa shape index (κ2) is 12.6. The van der Waals surface area contributed by atoms with Gasteiger partial charge in [0, 0.05) is 4.90 Å². The summed E-state index contributed by atoms with van der Waals surface area (Å²) in [6.45, 7) is 4.47. The summed E-state index contributed by atoms with van der Waals surface area (Å²) in [5, 5.41) is 0. The van der Waals surface area contributed by atoms with Crippen LogP contribution in [0.2, 0.25) is 0 Å². The van der Waals surface area contributed by atoms with E-state index in [4.69, 9.17) is 0 Å². The lowest BCUT2D eigenvalue weighted by Crippen LogP contribution is -1.98. The molecule has 1 aliphatic rings. The summed E-state index contributed by atoms with van der Waals surface area (Å²) in [6.07, 6.45) is 19.6. The molecule has 0 saturated heterocycles. The standard InChI is InChI=1S/C24H38S/c1-3-4-5-6-7-8-9-13-16-24(22-14-11-10-12-15-22)25-23-19-17-21(2)18-20-23/h17-20H,3-16H2,1-2H3. The van der Waals surface area contributed by atoms with Gasteiger partial charge in [0.15, 0.2) is 0 Å². The van der Waals surface area contributed by atoms with Crippen LogP contribution in [0.3, 0.4) is 0 Å². The van der Waals surface area contributed by atoms with Crippen LogP contribution in [-0.4, -0.2) is 0 Å². The molecule has 1 heteroatoms. The highest BCUT2D eigenvalue weighted by molar-refractivity contribution is 8.03. The Morgan fingerprint density at radius 1 is 0.800 bits per heavy atom. The first-order valence-corrected chi connectivity index (χ1v) is 11.6. The SMILES string of the molecule is CCCCCCCCCCC(Sc1ccc(C)cc1)=C1CCCCC1. The Kier molecular flexibility index (Phi) is 10.4. The van der Waals surface area contributed by atoms with Crippen LogP contribution < -0.4 is 0 Å². The van der Waals surface area contributed by atoms with Gasteiger partial charge in [-0.15, -0.1) is 0 Å². The van der Waals surface area contributed by atoms with E-state index >= 15 is 0 Å². The smallest absolute Gasteiger partial charge is 0.0119 e. The molecule has 0 unspecified atom stereocenters. The van der Waals surface area contributed by atoms with E-state index in [1.54, 1.807) is 10.5 Å². The van der Waals surface area contributed by atoms with Crippen LogP contribution in [0, 0.1) is 6.92 Å². The second-order valence-corrected chi connectivity index (χ2v) is 8.90. The minimum Gasteiger partial charge on any atom is -0.0946 e. The van der Waals surface area contributed by atoms with Gasteiger partial charge >= 0.3 is 0 Å². The molecule has 0 nitrogen and oxygen atoms in total. The fourth-order valence-electron chi connectivity index (χ4n) is 3.73. The average Bonchev–Trinajstić information content (AvgIpc) is 2.65. The Bertz CT molecular complexity index is 489. The Hall–Kier alpha value is -0.690. The molecule has 140 valence electrons. The first kappa shape index (κ1) is 20.6. The van der Waals surface area contributed by atoms with Crippen molar-refractivity contribution >= 4 is 11.8 Å². The highest BCUT2D eigenvalue weighted by Gasteiger charge is 2.12. The summed E-state index contributed by atoms with van der Waals surface area (Å²) in [4.78, 5) is 3.13. The van der Waals surface area contributed by atoms with Crippen molar-refractivity contribution in [1.29, 1.82) is 0 Å².